The molecule has 149 valence electrons. The Labute approximate surface area is 161 Å². The van der Waals surface area contributed by atoms with Gasteiger partial charge in [0.25, 0.3) is 0 Å². The lowest BCUT2D eigenvalue weighted by Gasteiger charge is -2.38. The first kappa shape index (κ1) is 20.4. The highest BCUT2D eigenvalue weighted by Crippen LogP contribution is 2.43. The van der Waals surface area contributed by atoms with Crippen LogP contribution >= 0.6 is 0 Å². The first-order valence-corrected chi connectivity index (χ1v) is 8.95. The average molecular weight is 392 g/mol. The number of hydrogen-bond acceptors (Lipinski definition) is 1. The predicted octanol–water partition coefficient (Wildman–Crippen LogP) is 5.62. The number of aromatic amines is 1. The summed E-state index contributed by atoms with van der Waals surface area (Å²) in [4.78, 5) is 2.93. The molecule has 28 heavy (non-hydrogen) atoms. The summed E-state index contributed by atoms with van der Waals surface area (Å²) in [6.45, 7) is 4.90. The number of nitrogens with one attached hydrogen (secondary N) is 1. The molecule has 0 aliphatic carbocycles. The van der Waals surface area contributed by atoms with Crippen LogP contribution in [0, 0.1) is 18.8 Å². The molecule has 0 aliphatic rings. The highest BCUT2D eigenvalue weighted by atomic mass is 19.4. The van der Waals surface area contributed by atoms with Crippen molar-refractivity contribution in [1.82, 2.24) is 4.98 Å². The summed E-state index contributed by atoms with van der Waals surface area (Å²) in [7, 11) is 0. The molecule has 0 aliphatic heterocycles. The van der Waals surface area contributed by atoms with E-state index in [1.165, 1.54) is 18.2 Å². The Hall–Kier alpha value is -2.34. The Balaban J connectivity index is 1.98. The molecule has 1 unspecified atom stereocenters. The van der Waals surface area contributed by atoms with Gasteiger partial charge in [0.05, 0.1) is 0 Å². The molecular formula is C22H22F4NO. The largest absolute Gasteiger partial charge is 0.417 e. The first-order chi connectivity index (χ1) is 12.9. The molecule has 0 bridgehead atoms. The molecule has 2 aromatic carbocycles. The fourth-order valence-electron chi connectivity index (χ4n) is 3.90. The van der Waals surface area contributed by atoms with Gasteiger partial charge in [-0.3, -0.25) is 0 Å². The lowest BCUT2D eigenvalue weighted by atomic mass is 9.72. The van der Waals surface area contributed by atoms with Crippen molar-refractivity contribution >= 4 is 10.9 Å². The van der Waals surface area contributed by atoms with Gasteiger partial charge in [-0.15, -0.1) is 0 Å². The minimum atomic E-state index is -4.85. The number of H-pyrrole nitrogens is 1. The van der Waals surface area contributed by atoms with E-state index in [0.29, 0.717) is 16.6 Å². The van der Waals surface area contributed by atoms with Gasteiger partial charge in [0.1, 0.15) is 5.82 Å². The molecule has 3 aromatic rings. The fourth-order valence-corrected chi connectivity index (χ4v) is 3.90. The number of fused-ring (bicyclic) bond motifs is 1. The van der Waals surface area contributed by atoms with E-state index in [1.807, 2.05) is 0 Å². The summed E-state index contributed by atoms with van der Waals surface area (Å²) >= 11 is 0. The summed E-state index contributed by atoms with van der Waals surface area (Å²) in [5, 5.41) is 11.5. The molecule has 6 heteroatoms. The molecular weight excluding hydrogens is 370 g/mol. The quantitative estimate of drug-likeness (QED) is 0.543. The Kier molecular flexibility index (Phi) is 5.04. The monoisotopic (exact) mass is 392 g/mol. The minimum Gasteiger partial charge on any atom is -0.380 e. The highest BCUT2D eigenvalue weighted by Gasteiger charge is 2.56. The van der Waals surface area contributed by atoms with Crippen molar-refractivity contribution in [1.29, 1.82) is 0 Å². The third kappa shape index (κ3) is 3.92. The summed E-state index contributed by atoms with van der Waals surface area (Å²) in [6, 6.07) is 13.5. The van der Waals surface area contributed by atoms with E-state index in [-0.39, 0.29) is 5.69 Å². The van der Waals surface area contributed by atoms with Crippen LogP contribution in [0.15, 0.2) is 42.5 Å². The molecule has 3 rings (SSSR count). The van der Waals surface area contributed by atoms with E-state index in [1.54, 1.807) is 45.0 Å². The molecule has 1 atom stereocenters. The molecule has 1 aromatic heterocycles. The zero-order valence-corrected chi connectivity index (χ0v) is 15.9. The molecule has 2 nitrogen and oxygen atoms in total. The van der Waals surface area contributed by atoms with E-state index in [2.05, 4.69) is 11.1 Å². The summed E-state index contributed by atoms with van der Waals surface area (Å²) in [6.07, 6.45) is -6.08. The third-order valence-corrected chi connectivity index (χ3v) is 5.19. The zero-order chi connectivity index (χ0) is 20.7. The van der Waals surface area contributed by atoms with E-state index < -0.39 is 35.9 Å². The van der Waals surface area contributed by atoms with Crippen molar-refractivity contribution in [2.24, 2.45) is 0 Å². The van der Waals surface area contributed by atoms with Crippen LogP contribution in [0.1, 0.15) is 37.1 Å². The van der Waals surface area contributed by atoms with Gasteiger partial charge in [0.15, 0.2) is 5.60 Å². The second-order valence-corrected chi connectivity index (χ2v) is 8.03. The van der Waals surface area contributed by atoms with E-state index in [4.69, 9.17) is 0 Å². The Morgan fingerprint density at radius 2 is 1.82 bits per heavy atom. The number of hydrogen-bond donors (Lipinski definition) is 2. The lowest BCUT2D eigenvalue weighted by Crippen LogP contribution is -2.51. The maximum atomic E-state index is 13.9. The lowest BCUT2D eigenvalue weighted by molar-refractivity contribution is -0.266. The second kappa shape index (κ2) is 6.92. The molecule has 0 amide bonds. The van der Waals surface area contributed by atoms with Gasteiger partial charge < -0.3 is 10.1 Å². The third-order valence-electron chi connectivity index (χ3n) is 5.19. The number of halogens is 4. The zero-order valence-electron chi connectivity index (χ0n) is 15.9. The standard InChI is InChI=1S/C22H22F4NO/c1-14-8-9-16(23)11-18(14)20(2,3)13-21(28,22(24,25)26)12-17-10-15-6-4-5-7-19(15)27-17/h5-11,27-28H,12-13H2,1-3H3. The average Bonchev–Trinajstić information content (AvgIpc) is 2.97. The topological polar surface area (TPSA) is 36.0 Å². The number of aryl methyl sites for hydroxylation is 1. The van der Waals surface area contributed by atoms with Crippen LogP contribution in [0.2, 0.25) is 0 Å². The minimum absolute atomic E-state index is 0.279. The van der Waals surface area contributed by atoms with Crippen molar-refractivity contribution in [2.75, 3.05) is 0 Å². The Morgan fingerprint density at radius 3 is 2.46 bits per heavy atom. The molecule has 0 saturated heterocycles. The molecule has 1 heterocycles. The number of rotatable bonds is 5. The first-order valence-electron chi connectivity index (χ1n) is 8.95. The number of benzene rings is 2. The fraction of sp³-hybridized carbons (Fsp3) is 0.364. The van der Waals surface area contributed by atoms with Gasteiger partial charge in [0, 0.05) is 23.0 Å². The summed E-state index contributed by atoms with van der Waals surface area (Å²) in [5.74, 6) is -0.518. The van der Waals surface area contributed by atoms with Crippen molar-refractivity contribution < 1.29 is 22.7 Å². The number of alkyl halides is 3. The highest BCUT2D eigenvalue weighted by molar-refractivity contribution is 5.80. The van der Waals surface area contributed by atoms with Crippen LogP contribution < -0.4 is 0 Å². The Morgan fingerprint density at radius 1 is 1.11 bits per heavy atom. The van der Waals surface area contributed by atoms with Gasteiger partial charge >= 0.3 is 6.18 Å². The van der Waals surface area contributed by atoms with Gasteiger partial charge in [0.2, 0.25) is 0 Å². The summed E-state index contributed by atoms with van der Waals surface area (Å²) < 4.78 is 55.5. The van der Waals surface area contributed by atoms with E-state index in [9.17, 15) is 22.7 Å². The van der Waals surface area contributed by atoms with Gasteiger partial charge in [-0.1, -0.05) is 26.0 Å². The van der Waals surface area contributed by atoms with Crippen molar-refractivity contribution in [3.05, 3.63) is 71.2 Å². The smallest absolute Gasteiger partial charge is 0.380 e. The van der Waals surface area contributed by atoms with Crippen LogP contribution in [-0.2, 0) is 11.8 Å². The van der Waals surface area contributed by atoms with Gasteiger partial charge in [-0.05, 0) is 66.3 Å². The van der Waals surface area contributed by atoms with Crippen LogP contribution in [0.25, 0.3) is 10.9 Å². The van der Waals surface area contributed by atoms with Crippen LogP contribution in [0.3, 0.4) is 0 Å². The maximum absolute atomic E-state index is 13.9. The molecule has 0 fully saturated rings. The van der Waals surface area contributed by atoms with Crippen LogP contribution in [0.4, 0.5) is 17.6 Å². The number of aromatic nitrogens is 1. The van der Waals surface area contributed by atoms with E-state index >= 15 is 0 Å². The molecule has 1 radical (unpaired) electrons. The predicted molar refractivity (Wildman–Crippen MR) is 101 cm³/mol. The molecule has 0 saturated carbocycles. The van der Waals surface area contributed by atoms with Crippen molar-refractivity contribution in [3.8, 4) is 0 Å². The van der Waals surface area contributed by atoms with Crippen molar-refractivity contribution in [2.45, 2.75) is 50.8 Å². The summed E-state index contributed by atoms with van der Waals surface area (Å²) in [5.41, 5.74) is -1.99. The van der Waals surface area contributed by atoms with E-state index in [0.717, 1.165) is 5.39 Å². The molecule has 2 N–H and O–H groups in total. The second-order valence-electron chi connectivity index (χ2n) is 8.03. The number of aliphatic hydroxyl groups is 1. The normalized spacial score (nSPS) is 15.0. The SMILES string of the molecule is Cc1ccc(F)cc1C(C)(C)CC(O)(Cc1cc2c[c]ccc2[nH]1)C(F)(F)F. The van der Waals surface area contributed by atoms with Crippen LogP contribution in [0.5, 0.6) is 0 Å². The van der Waals surface area contributed by atoms with Crippen LogP contribution in [-0.4, -0.2) is 21.9 Å². The van der Waals surface area contributed by atoms with Gasteiger partial charge in [-0.25, -0.2) is 4.39 Å². The molecule has 0 spiro atoms. The van der Waals surface area contributed by atoms with Gasteiger partial charge in [-0.2, -0.15) is 13.2 Å². The maximum Gasteiger partial charge on any atom is 0.417 e. The van der Waals surface area contributed by atoms with Crippen molar-refractivity contribution in [3.63, 3.8) is 0 Å². The Bertz CT molecular complexity index is 957.